The molecule has 0 saturated heterocycles. The number of nitrogens with two attached hydrogens (primary N) is 1. The van der Waals surface area contributed by atoms with Gasteiger partial charge in [-0.15, -0.1) is 11.3 Å². The zero-order valence-electron chi connectivity index (χ0n) is 9.73. The Bertz CT molecular complexity index is 424. The number of carbonyl (C=O) groups is 1. The van der Waals surface area contributed by atoms with Gasteiger partial charge in [0.1, 0.15) is 0 Å². The summed E-state index contributed by atoms with van der Waals surface area (Å²) < 4.78 is 0. The SMILES string of the molecule is CC(Cc1cccs1)NC(=O)C1(C(N)=S)CC1. The number of hydrogen-bond donors (Lipinski definition) is 2. The van der Waals surface area contributed by atoms with Crippen LogP contribution in [0.25, 0.3) is 0 Å². The predicted octanol–water partition coefficient (Wildman–Crippen LogP) is 1.86. The first-order valence-corrected chi connectivity index (χ1v) is 6.96. The van der Waals surface area contributed by atoms with Crippen molar-refractivity contribution in [2.75, 3.05) is 0 Å². The van der Waals surface area contributed by atoms with Gasteiger partial charge in [-0.1, -0.05) is 18.3 Å². The molecule has 0 spiro atoms. The maximum absolute atomic E-state index is 12.0. The second-order valence-electron chi connectivity index (χ2n) is 4.60. The van der Waals surface area contributed by atoms with E-state index in [9.17, 15) is 4.79 Å². The fourth-order valence-electron chi connectivity index (χ4n) is 1.85. The van der Waals surface area contributed by atoms with Gasteiger partial charge in [0.25, 0.3) is 0 Å². The van der Waals surface area contributed by atoms with Crippen molar-refractivity contribution in [2.45, 2.75) is 32.2 Å². The first-order valence-electron chi connectivity index (χ1n) is 5.68. The van der Waals surface area contributed by atoms with E-state index in [-0.39, 0.29) is 11.9 Å². The molecule has 1 amide bonds. The van der Waals surface area contributed by atoms with Crippen LogP contribution in [0.1, 0.15) is 24.6 Å². The largest absolute Gasteiger partial charge is 0.392 e. The van der Waals surface area contributed by atoms with Crippen LogP contribution in [0.2, 0.25) is 0 Å². The van der Waals surface area contributed by atoms with Gasteiger partial charge in [0.2, 0.25) is 5.91 Å². The zero-order valence-corrected chi connectivity index (χ0v) is 11.4. The van der Waals surface area contributed by atoms with Crippen LogP contribution in [0, 0.1) is 5.41 Å². The Balaban J connectivity index is 1.89. The molecule has 3 N–H and O–H groups in total. The average Bonchev–Trinajstić information content (AvgIpc) is 2.93. The number of hydrogen-bond acceptors (Lipinski definition) is 3. The molecule has 1 fully saturated rings. The molecule has 2 rings (SSSR count). The average molecular weight is 268 g/mol. The molecule has 1 aliphatic carbocycles. The minimum atomic E-state index is -0.543. The standard InChI is InChI=1S/C12H16N2OS2/c1-8(7-9-3-2-6-17-9)14-11(15)12(4-5-12)10(13)16/h2-3,6,8H,4-5,7H2,1H3,(H2,13,16)(H,14,15). The predicted molar refractivity (Wildman–Crippen MR) is 74.1 cm³/mol. The Kier molecular flexibility index (Phi) is 3.49. The van der Waals surface area contributed by atoms with Gasteiger partial charge in [0.15, 0.2) is 0 Å². The van der Waals surface area contributed by atoms with Gasteiger partial charge in [-0.3, -0.25) is 4.79 Å². The summed E-state index contributed by atoms with van der Waals surface area (Å²) in [5.41, 5.74) is 5.08. The first-order chi connectivity index (χ1) is 8.04. The van der Waals surface area contributed by atoms with E-state index >= 15 is 0 Å². The second-order valence-corrected chi connectivity index (χ2v) is 6.08. The van der Waals surface area contributed by atoms with Crippen molar-refractivity contribution in [1.82, 2.24) is 5.32 Å². The normalized spacial score (nSPS) is 18.4. The number of amides is 1. The van der Waals surface area contributed by atoms with E-state index in [0.717, 1.165) is 19.3 Å². The summed E-state index contributed by atoms with van der Waals surface area (Å²) in [6.45, 7) is 2.01. The lowest BCUT2D eigenvalue weighted by Gasteiger charge is -2.18. The maximum Gasteiger partial charge on any atom is 0.233 e. The lowest BCUT2D eigenvalue weighted by molar-refractivity contribution is -0.124. The van der Waals surface area contributed by atoms with E-state index in [2.05, 4.69) is 11.4 Å². The highest BCUT2D eigenvalue weighted by Crippen LogP contribution is 2.46. The summed E-state index contributed by atoms with van der Waals surface area (Å²) >= 11 is 6.66. The molecule has 92 valence electrons. The molecule has 1 unspecified atom stereocenters. The summed E-state index contributed by atoms with van der Waals surface area (Å²) in [5.74, 6) is -0.00550. The van der Waals surface area contributed by atoms with E-state index in [0.29, 0.717) is 4.99 Å². The molecule has 3 nitrogen and oxygen atoms in total. The van der Waals surface area contributed by atoms with Crippen molar-refractivity contribution in [3.05, 3.63) is 22.4 Å². The lowest BCUT2D eigenvalue weighted by atomic mass is 10.1. The minimum Gasteiger partial charge on any atom is -0.392 e. The third kappa shape index (κ3) is 2.66. The minimum absolute atomic E-state index is 0.00550. The Hall–Kier alpha value is -0.940. The van der Waals surface area contributed by atoms with Gasteiger partial charge in [-0.2, -0.15) is 0 Å². The number of nitrogens with one attached hydrogen (secondary N) is 1. The lowest BCUT2D eigenvalue weighted by Crippen LogP contribution is -2.44. The third-order valence-corrected chi connectivity index (χ3v) is 4.41. The van der Waals surface area contributed by atoms with Crippen molar-refractivity contribution < 1.29 is 4.79 Å². The molecule has 1 saturated carbocycles. The van der Waals surface area contributed by atoms with Gasteiger partial charge in [0.05, 0.1) is 10.4 Å². The molecule has 0 radical (unpaired) electrons. The van der Waals surface area contributed by atoms with Crippen molar-refractivity contribution in [1.29, 1.82) is 0 Å². The number of thiophene rings is 1. The van der Waals surface area contributed by atoms with Gasteiger partial charge in [-0.25, -0.2) is 0 Å². The highest BCUT2D eigenvalue weighted by atomic mass is 32.1. The molecule has 1 aromatic heterocycles. The fourth-order valence-corrected chi connectivity index (χ4v) is 2.99. The highest BCUT2D eigenvalue weighted by Gasteiger charge is 2.52. The summed E-state index contributed by atoms with van der Waals surface area (Å²) in [5, 5.41) is 5.05. The Labute approximate surface area is 110 Å². The fraction of sp³-hybridized carbons (Fsp3) is 0.500. The van der Waals surface area contributed by atoms with Gasteiger partial charge >= 0.3 is 0 Å². The molecule has 1 heterocycles. The van der Waals surface area contributed by atoms with Crippen molar-refractivity contribution >= 4 is 34.5 Å². The molecule has 1 aliphatic rings. The van der Waals surface area contributed by atoms with Gasteiger partial charge in [-0.05, 0) is 31.2 Å². The first kappa shape index (κ1) is 12.5. The maximum atomic E-state index is 12.0. The molecular weight excluding hydrogens is 252 g/mol. The van der Waals surface area contributed by atoms with E-state index in [1.54, 1.807) is 11.3 Å². The van der Waals surface area contributed by atoms with Crippen LogP contribution in [-0.4, -0.2) is 16.9 Å². The second kappa shape index (κ2) is 4.74. The van der Waals surface area contributed by atoms with E-state index in [4.69, 9.17) is 18.0 Å². The highest BCUT2D eigenvalue weighted by molar-refractivity contribution is 7.80. The zero-order chi connectivity index (χ0) is 12.5. The van der Waals surface area contributed by atoms with Crippen LogP contribution in [0.5, 0.6) is 0 Å². The van der Waals surface area contributed by atoms with Crippen molar-refractivity contribution in [3.8, 4) is 0 Å². The molecule has 1 aromatic rings. The van der Waals surface area contributed by atoms with Crippen molar-refractivity contribution in [2.24, 2.45) is 11.1 Å². The summed E-state index contributed by atoms with van der Waals surface area (Å²) in [6.07, 6.45) is 2.44. The van der Waals surface area contributed by atoms with Gasteiger partial charge in [0, 0.05) is 17.3 Å². The van der Waals surface area contributed by atoms with E-state index < -0.39 is 5.41 Å². The Morgan fingerprint density at radius 1 is 1.71 bits per heavy atom. The van der Waals surface area contributed by atoms with Crippen LogP contribution in [0.15, 0.2) is 17.5 Å². The summed E-state index contributed by atoms with van der Waals surface area (Å²) in [4.78, 5) is 13.6. The van der Waals surface area contributed by atoms with Crippen molar-refractivity contribution in [3.63, 3.8) is 0 Å². The topological polar surface area (TPSA) is 55.1 Å². The van der Waals surface area contributed by atoms with Crippen LogP contribution in [-0.2, 0) is 11.2 Å². The number of rotatable bonds is 5. The Morgan fingerprint density at radius 3 is 2.88 bits per heavy atom. The molecule has 0 aromatic carbocycles. The number of thiocarbonyl (C=S) groups is 1. The molecule has 0 aliphatic heterocycles. The molecule has 1 atom stereocenters. The molecule has 5 heteroatoms. The summed E-state index contributed by atoms with van der Waals surface area (Å²) in [7, 11) is 0. The van der Waals surface area contributed by atoms with Crippen LogP contribution < -0.4 is 11.1 Å². The smallest absolute Gasteiger partial charge is 0.233 e. The quantitative estimate of drug-likeness (QED) is 0.802. The van der Waals surface area contributed by atoms with E-state index in [1.165, 1.54) is 4.88 Å². The van der Waals surface area contributed by atoms with Crippen LogP contribution >= 0.6 is 23.6 Å². The molecule has 0 bridgehead atoms. The van der Waals surface area contributed by atoms with Gasteiger partial charge < -0.3 is 11.1 Å². The summed E-state index contributed by atoms with van der Waals surface area (Å²) in [6, 6.07) is 4.22. The van der Waals surface area contributed by atoms with Crippen LogP contribution in [0.3, 0.4) is 0 Å². The molecular formula is C12H16N2OS2. The Morgan fingerprint density at radius 2 is 2.41 bits per heavy atom. The monoisotopic (exact) mass is 268 g/mol. The number of carbonyl (C=O) groups excluding carboxylic acids is 1. The molecule has 17 heavy (non-hydrogen) atoms. The van der Waals surface area contributed by atoms with E-state index in [1.807, 2.05) is 18.4 Å². The van der Waals surface area contributed by atoms with Crippen LogP contribution in [0.4, 0.5) is 0 Å². The third-order valence-electron chi connectivity index (χ3n) is 3.12.